The van der Waals surface area contributed by atoms with Crippen LogP contribution in [0.15, 0.2) is 41.4 Å². The van der Waals surface area contributed by atoms with Crippen LogP contribution in [-0.4, -0.2) is 18.6 Å². The van der Waals surface area contributed by atoms with E-state index < -0.39 is 10.0 Å². The third kappa shape index (κ3) is 2.14. The topological polar surface area (TPSA) is 101 Å². The molecule has 0 fully saturated rings. The molecule has 84 valence electrons. The van der Waals surface area contributed by atoms with Crippen LogP contribution in [0.25, 0.3) is 0 Å². The van der Waals surface area contributed by atoms with Crippen molar-refractivity contribution in [1.29, 1.82) is 0 Å². The normalized spacial score (nSPS) is 11.2. The Balaban J connectivity index is 2.29. The number of nitrogens with one attached hydrogen (secondary N) is 2. The van der Waals surface area contributed by atoms with Gasteiger partial charge in [0, 0.05) is 18.0 Å². The van der Waals surface area contributed by atoms with Gasteiger partial charge in [-0.2, -0.15) is 5.10 Å². The zero-order valence-electron chi connectivity index (χ0n) is 8.21. The van der Waals surface area contributed by atoms with E-state index in [0.29, 0.717) is 5.69 Å². The Morgan fingerprint density at radius 3 is 2.44 bits per heavy atom. The van der Waals surface area contributed by atoms with Crippen LogP contribution in [0.2, 0.25) is 0 Å². The molecule has 7 heteroatoms. The highest BCUT2D eigenvalue weighted by atomic mass is 32.2. The Labute approximate surface area is 92.5 Å². The number of nitrogens with two attached hydrogens (primary N) is 1. The fraction of sp³-hybridized carbons (Fsp3) is 0. The van der Waals surface area contributed by atoms with Crippen LogP contribution < -0.4 is 10.5 Å². The molecule has 0 aliphatic heterocycles. The van der Waals surface area contributed by atoms with E-state index in [-0.39, 0.29) is 10.7 Å². The molecule has 0 saturated carbocycles. The Morgan fingerprint density at radius 2 is 1.88 bits per heavy atom. The largest absolute Gasteiger partial charge is 0.399 e. The van der Waals surface area contributed by atoms with Gasteiger partial charge in [-0.1, -0.05) is 0 Å². The van der Waals surface area contributed by atoms with Crippen molar-refractivity contribution in [3.63, 3.8) is 0 Å². The van der Waals surface area contributed by atoms with E-state index >= 15 is 0 Å². The molecule has 0 atom stereocenters. The molecule has 0 aliphatic rings. The van der Waals surface area contributed by atoms with Crippen molar-refractivity contribution in [1.82, 2.24) is 10.2 Å². The third-order valence-corrected chi connectivity index (χ3v) is 3.30. The van der Waals surface area contributed by atoms with Gasteiger partial charge < -0.3 is 5.73 Å². The summed E-state index contributed by atoms with van der Waals surface area (Å²) in [7, 11) is -3.59. The number of aromatic amines is 1. The molecule has 0 bridgehead atoms. The molecule has 0 radical (unpaired) electrons. The smallest absolute Gasteiger partial charge is 0.263 e. The van der Waals surface area contributed by atoms with Crippen molar-refractivity contribution < 1.29 is 8.42 Å². The van der Waals surface area contributed by atoms with Crippen molar-refractivity contribution in [2.24, 2.45) is 0 Å². The summed E-state index contributed by atoms with van der Waals surface area (Å²) in [5.41, 5.74) is 5.99. The van der Waals surface area contributed by atoms with Crippen molar-refractivity contribution in [3.8, 4) is 0 Å². The van der Waals surface area contributed by atoms with Crippen molar-refractivity contribution in [3.05, 3.63) is 36.5 Å². The van der Waals surface area contributed by atoms with Gasteiger partial charge in [-0.15, -0.1) is 0 Å². The van der Waals surface area contributed by atoms with Gasteiger partial charge in [0.25, 0.3) is 10.0 Å². The van der Waals surface area contributed by atoms with Crippen LogP contribution in [0, 0.1) is 0 Å². The molecule has 4 N–H and O–H groups in total. The fourth-order valence-electron chi connectivity index (χ4n) is 1.16. The van der Waals surface area contributed by atoms with E-state index in [1.807, 2.05) is 0 Å². The molecule has 1 heterocycles. The Morgan fingerprint density at radius 1 is 1.19 bits per heavy atom. The van der Waals surface area contributed by atoms with Gasteiger partial charge in [0.05, 0.1) is 4.90 Å². The Kier molecular flexibility index (Phi) is 2.53. The fourth-order valence-corrected chi connectivity index (χ4v) is 2.16. The SMILES string of the molecule is Nc1ccc(S(=O)(=O)Nc2cc[nH]n2)cc1. The van der Waals surface area contributed by atoms with Crippen LogP contribution >= 0.6 is 0 Å². The first-order valence-corrected chi connectivity index (χ1v) is 5.94. The number of sulfonamides is 1. The monoisotopic (exact) mass is 238 g/mol. The van der Waals surface area contributed by atoms with Gasteiger partial charge in [-0.3, -0.25) is 9.82 Å². The summed E-state index contributed by atoms with van der Waals surface area (Å²) in [5, 5.41) is 6.22. The van der Waals surface area contributed by atoms with Gasteiger partial charge in [0.1, 0.15) is 0 Å². The third-order valence-electron chi connectivity index (χ3n) is 1.93. The lowest BCUT2D eigenvalue weighted by molar-refractivity contribution is 0.601. The zero-order valence-corrected chi connectivity index (χ0v) is 9.03. The second-order valence-electron chi connectivity index (χ2n) is 3.13. The lowest BCUT2D eigenvalue weighted by atomic mass is 10.3. The maximum atomic E-state index is 11.8. The number of nitrogens with zero attached hydrogens (tertiary/aromatic N) is 1. The predicted molar refractivity (Wildman–Crippen MR) is 60.3 cm³/mol. The summed E-state index contributed by atoms with van der Waals surface area (Å²) in [6.45, 7) is 0. The first-order chi connectivity index (χ1) is 7.58. The minimum absolute atomic E-state index is 0.143. The predicted octanol–water partition coefficient (Wildman–Crippen LogP) is 0.793. The molecular weight excluding hydrogens is 228 g/mol. The molecule has 0 amide bonds. The standard InChI is InChI=1S/C9H10N4O2S/c10-7-1-3-8(4-2-7)16(14,15)13-9-5-6-11-12-9/h1-6H,10H2,(H2,11,12,13). The number of benzene rings is 1. The van der Waals surface area contributed by atoms with E-state index in [1.165, 1.54) is 36.5 Å². The summed E-state index contributed by atoms with van der Waals surface area (Å²) in [6.07, 6.45) is 1.53. The lowest BCUT2D eigenvalue weighted by Gasteiger charge is -2.04. The summed E-state index contributed by atoms with van der Waals surface area (Å²) in [5.74, 6) is 0.247. The zero-order chi connectivity index (χ0) is 11.6. The molecule has 2 rings (SSSR count). The van der Waals surface area contributed by atoms with Crippen molar-refractivity contribution in [2.45, 2.75) is 4.90 Å². The number of rotatable bonds is 3. The average molecular weight is 238 g/mol. The lowest BCUT2D eigenvalue weighted by Crippen LogP contribution is -2.13. The number of aromatic nitrogens is 2. The Bertz CT molecular complexity index is 560. The number of hydrogen-bond acceptors (Lipinski definition) is 4. The first-order valence-electron chi connectivity index (χ1n) is 4.46. The average Bonchev–Trinajstić information content (AvgIpc) is 2.70. The number of anilines is 2. The summed E-state index contributed by atoms with van der Waals surface area (Å²) >= 11 is 0. The van der Waals surface area contributed by atoms with Gasteiger partial charge in [-0.05, 0) is 24.3 Å². The van der Waals surface area contributed by atoms with Crippen LogP contribution in [0.3, 0.4) is 0 Å². The number of nitrogen functional groups attached to an aromatic ring is 1. The number of hydrogen-bond donors (Lipinski definition) is 3. The first kappa shape index (κ1) is 10.5. The van der Waals surface area contributed by atoms with E-state index in [2.05, 4.69) is 14.9 Å². The maximum absolute atomic E-state index is 11.8. The molecular formula is C9H10N4O2S. The van der Waals surface area contributed by atoms with E-state index in [1.54, 1.807) is 0 Å². The minimum atomic E-state index is -3.59. The molecule has 0 aliphatic carbocycles. The van der Waals surface area contributed by atoms with Crippen LogP contribution in [-0.2, 0) is 10.0 Å². The molecule has 16 heavy (non-hydrogen) atoms. The highest BCUT2D eigenvalue weighted by Crippen LogP contribution is 2.15. The molecule has 1 aromatic carbocycles. The van der Waals surface area contributed by atoms with Crippen LogP contribution in [0.5, 0.6) is 0 Å². The second-order valence-corrected chi connectivity index (χ2v) is 4.82. The molecule has 2 aromatic rings. The highest BCUT2D eigenvalue weighted by Gasteiger charge is 2.14. The van der Waals surface area contributed by atoms with Gasteiger partial charge in [0.2, 0.25) is 0 Å². The van der Waals surface area contributed by atoms with Gasteiger partial charge in [0.15, 0.2) is 5.82 Å². The molecule has 1 aromatic heterocycles. The van der Waals surface area contributed by atoms with E-state index in [4.69, 9.17) is 5.73 Å². The van der Waals surface area contributed by atoms with Gasteiger partial charge >= 0.3 is 0 Å². The molecule has 0 saturated heterocycles. The van der Waals surface area contributed by atoms with Gasteiger partial charge in [-0.25, -0.2) is 8.42 Å². The van der Waals surface area contributed by atoms with E-state index in [9.17, 15) is 8.42 Å². The summed E-state index contributed by atoms with van der Waals surface area (Å²) in [4.78, 5) is 0.143. The maximum Gasteiger partial charge on any atom is 0.263 e. The van der Waals surface area contributed by atoms with Crippen molar-refractivity contribution >= 4 is 21.5 Å². The van der Waals surface area contributed by atoms with Crippen LogP contribution in [0.4, 0.5) is 11.5 Å². The summed E-state index contributed by atoms with van der Waals surface area (Å²) < 4.78 is 25.9. The van der Waals surface area contributed by atoms with Crippen molar-refractivity contribution in [2.75, 3.05) is 10.5 Å². The number of H-pyrrole nitrogens is 1. The molecule has 6 nitrogen and oxygen atoms in total. The molecule has 0 spiro atoms. The highest BCUT2D eigenvalue weighted by molar-refractivity contribution is 7.92. The minimum Gasteiger partial charge on any atom is -0.399 e. The van der Waals surface area contributed by atoms with Crippen LogP contribution in [0.1, 0.15) is 0 Å². The summed E-state index contributed by atoms with van der Waals surface area (Å²) in [6, 6.07) is 7.45. The quantitative estimate of drug-likeness (QED) is 0.688. The second kappa shape index (κ2) is 3.86. The Hall–Kier alpha value is -2.02. The molecule has 0 unspecified atom stereocenters. The van der Waals surface area contributed by atoms with E-state index in [0.717, 1.165) is 0 Å².